The highest BCUT2D eigenvalue weighted by molar-refractivity contribution is 5.30. The maximum atomic E-state index is 10.4. The lowest BCUT2D eigenvalue weighted by atomic mass is 10.0. The first-order valence-electron chi connectivity index (χ1n) is 7.17. The van der Waals surface area contributed by atoms with Crippen molar-refractivity contribution >= 4 is 0 Å². The number of hydrogen-bond donors (Lipinski definition) is 1. The van der Waals surface area contributed by atoms with Crippen LogP contribution in [0.1, 0.15) is 43.9 Å². The lowest BCUT2D eigenvalue weighted by Crippen LogP contribution is -2.24. The maximum Gasteiger partial charge on any atom is 0.105 e. The molecule has 0 fully saturated rings. The van der Waals surface area contributed by atoms with Gasteiger partial charge in [-0.05, 0) is 44.2 Å². The van der Waals surface area contributed by atoms with Crippen LogP contribution in [0.15, 0.2) is 24.3 Å². The zero-order valence-electron chi connectivity index (χ0n) is 11.8. The third-order valence-corrected chi connectivity index (χ3v) is 3.53. The normalized spacial score (nSPS) is 23.2. The minimum atomic E-state index is -0.516. The Balaban J connectivity index is 1.92. The molecule has 0 radical (unpaired) electrons. The van der Waals surface area contributed by atoms with E-state index < -0.39 is 6.10 Å². The summed E-state index contributed by atoms with van der Waals surface area (Å²) in [6.07, 6.45) is 2.58. The number of aliphatic hydroxyl groups is 1. The molecule has 2 unspecified atom stereocenters. The molecule has 0 aromatic heterocycles. The number of benzene rings is 1. The fourth-order valence-corrected chi connectivity index (χ4v) is 2.56. The fourth-order valence-electron chi connectivity index (χ4n) is 2.56. The highest BCUT2D eigenvalue weighted by Crippen LogP contribution is 2.30. The van der Waals surface area contributed by atoms with Gasteiger partial charge in [0.2, 0.25) is 0 Å². The molecule has 1 aromatic carbocycles. The number of aryl methyl sites for hydroxylation is 1. The minimum absolute atomic E-state index is 0.112. The predicted molar refractivity (Wildman–Crippen MR) is 75.2 cm³/mol. The van der Waals surface area contributed by atoms with Gasteiger partial charge in [-0.2, -0.15) is 0 Å². The molecule has 3 nitrogen and oxygen atoms in total. The Morgan fingerprint density at radius 3 is 2.84 bits per heavy atom. The smallest absolute Gasteiger partial charge is 0.105 e. The fraction of sp³-hybridized carbons (Fsp3) is 0.625. The number of aliphatic hydroxyl groups excluding tert-OH is 1. The molecule has 2 rings (SSSR count). The van der Waals surface area contributed by atoms with Crippen LogP contribution in [0, 0.1) is 0 Å². The van der Waals surface area contributed by atoms with Crippen molar-refractivity contribution in [2.24, 2.45) is 0 Å². The molecule has 0 bridgehead atoms. The van der Waals surface area contributed by atoms with Crippen LogP contribution in [0.25, 0.3) is 0 Å². The summed E-state index contributed by atoms with van der Waals surface area (Å²) in [6, 6.07) is 8.12. The van der Waals surface area contributed by atoms with E-state index in [-0.39, 0.29) is 12.2 Å². The highest BCUT2D eigenvalue weighted by Gasteiger charge is 2.26. The van der Waals surface area contributed by atoms with Crippen molar-refractivity contribution in [1.29, 1.82) is 0 Å². The van der Waals surface area contributed by atoms with E-state index in [4.69, 9.17) is 9.47 Å². The summed E-state index contributed by atoms with van der Waals surface area (Å²) < 4.78 is 11.3. The van der Waals surface area contributed by atoms with Crippen LogP contribution in [0.4, 0.5) is 0 Å². The standard InChI is InChI=1S/C16H24O3/c1-12(2)18-10-11-19-15-9-5-7-13-6-3-4-8-14(13)16(15)17/h3-4,6,8,12,15-17H,5,7,9-11H2,1-2H3. The summed E-state index contributed by atoms with van der Waals surface area (Å²) in [6.45, 7) is 5.15. The third kappa shape index (κ3) is 4.03. The Bertz CT molecular complexity index is 389. The van der Waals surface area contributed by atoms with E-state index in [1.807, 2.05) is 32.0 Å². The van der Waals surface area contributed by atoms with Gasteiger partial charge in [0.15, 0.2) is 0 Å². The van der Waals surface area contributed by atoms with E-state index in [0.29, 0.717) is 13.2 Å². The van der Waals surface area contributed by atoms with Gasteiger partial charge in [0.05, 0.1) is 25.4 Å². The van der Waals surface area contributed by atoms with Crippen molar-refractivity contribution in [3.63, 3.8) is 0 Å². The Hall–Kier alpha value is -0.900. The van der Waals surface area contributed by atoms with Gasteiger partial charge in [0, 0.05) is 0 Å². The van der Waals surface area contributed by atoms with E-state index >= 15 is 0 Å². The molecule has 0 spiro atoms. The van der Waals surface area contributed by atoms with Crippen LogP contribution in [0.2, 0.25) is 0 Å². The molecule has 1 aliphatic carbocycles. The summed E-state index contributed by atoms with van der Waals surface area (Å²) in [5, 5.41) is 10.4. The van der Waals surface area contributed by atoms with Crippen molar-refractivity contribution in [3.05, 3.63) is 35.4 Å². The molecule has 2 atom stereocenters. The molecule has 19 heavy (non-hydrogen) atoms. The van der Waals surface area contributed by atoms with E-state index in [2.05, 4.69) is 6.07 Å². The van der Waals surface area contributed by atoms with Crippen LogP contribution < -0.4 is 0 Å². The first kappa shape index (κ1) is 14.5. The van der Waals surface area contributed by atoms with E-state index in [0.717, 1.165) is 24.8 Å². The topological polar surface area (TPSA) is 38.7 Å². The Kier molecular flexibility index (Phi) is 5.37. The van der Waals surface area contributed by atoms with Gasteiger partial charge >= 0.3 is 0 Å². The average Bonchev–Trinajstić information content (AvgIpc) is 2.55. The monoisotopic (exact) mass is 264 g/mol. The molecular formula is C16H24O3. The lowest BCUT2D eigenvalue weighted by molar-refractivity contribution is -0.0661. The molecule has 3 heteroatoms. The molecule has 0 aliphatic heterocycles. The summed E-state index contributed by atoms with van der Waals surface area (Å²) >= 11 is 0. The number of ether oxygens (including phenoxy) is 2. The minimum Gasteiger partial charge on any atom is -0.386 e. The molecule has 1 aromatic rings. The zero-order chi connectivity index (χ0) is 13.7. The van der Waals surface area contributed by atoms with E-state index in [1.165, 1.54) is 5.56 Å². The van der Waals surface area contributed by atoms with Crippen LogP contribution in [0.3, 0.4) is 0 Å². The molecule has 0 saturated heterocycles. The molecule has 0 amide bonds. The third-order valence-electron chi connectivity index (χ3n) is 3.53. The molecule has 0 saturated carbocycles. The van der Waals surface area contributed by atoms with Gasteiger partial charge < -0.3 is 14.6 Å². The first-order valence-corrected chi connectivity index (χ1v) is 7.17. The SMILES string of the molecule is CC(C)OCCOC1CCCc2ccccc2C1O. The van der Waals surface area contributed by atoms with Crippen molar-refractivity contribution < 1.29 is 14.6 Å². The number of hydrogen-bond acceptors (Lipinski definition) is 3. The van der Waals surface area contributed by atoms with Crippen LogP contribution in [-0.2, 0) is 15.9 Å². The maximum absolute atomic E-state index is 10.4. The predicted octanol–water partition coefficient (Wildman–Crippen LogP) is 2.87. The Morgan fingerprint density at radius 2 is 2.05 bits per heavy atom. The average molecular weight is 264 g/mol. The van der Waals surface area contributed by atoms with Gasteiger partial charge in [-0.15, -0.1) is 0 Å². The molecular weight excluding hydrogens is 240 g/mol. The van der Waals surface area contributed by atoms with Gasteiger partial charge in [-0.1, -0.05) is 24.3 Å². The number of rotatable bonds is 5. The molecule has 1 aliphatic rings. The van der Waals surface area contributed by atoms with Crippen molar-refractivity contribution in [1.82, 2.24) is 0 Å². The number of fused-ring (bicyclic) bond motifs is 1. The van der Waals surface area contributed by atoms with Gasteiger partial charge in [0.1, 0.15) is 6.10 Å². The second-order valence-corrected chi connectivity index (χ2v) is 5.36. The summed E-state index contributed by atoms with van der Waals surface area (Å²) in [5.74, 6) is 0. The highest BCUT2D eigenvalue weighted by atomic mass is 16.5. The molecule has 1 N–H and O–H groups in total. The largest absolute Gasteiger partial charge is 0.386 e. The van der Waals surface area contributed by atoms with Crippen LogP contribution in [-0.4, -0.2) is 30.5 Å². The van der Waals surface area contributed by atoms with E-state index in [9.17, 15) is 5.11 Å². The molecule has 0 heterocycles. The zero-order valence-corrected chi connectivity index (χ0v) is 11.8. The second-order valence-electron chi connectivity index (χ2n) is 5.36. The summed E-state index contributed by atoms with van der Waals surface area (Å²) in [7, 11) is 0. The summed E-state index contributed by atoms with van der Waals surface area (Å²) in [5.41, 5.74) is 2.27. The van der Waals surface area contributed by atoms with Gasteiger partial charge in [0.25, 0.3) is 0 Å². The quantitative estimate of drug-likeness (QED) is 0.656. The lowest BCUT2D eigenvalue weighted by Gasteiger charge is -2.22. The molecule has 106 valence electrons. The van der Waals surface area contributed by atoms with E-state index in [1.54, 1.807) is 0 Å². The Morgan fingerprint density at radius 1 is 1.26 bits per heavy atom. The van der Waals surface area contributed by atoms with Crippen molar-refractivity contribution in [2.75, 3.05) is 13.2 Å². The van der Waals surface area contributed by atoms with Gasteiger partial charge in [-0.25, -0.2) is 0 Å². The van der Waals surface area contributed by atoms with Gasteiger partial charge in [-0.3, -0.25) is 0 Å². The summed E-state index contributed by atoms with van der Waals surface area (Å²) in [4.78, 5) is 0. The van der Waals surface area contributed by atoms with Crippen LogP contribution >= 0.6 is 0 Å². The van der Waals surface area contributed by atoms with Crippen molar-refractivity contribution in [2.45, 2.75) is 51.4 Å². The first-order chi connectivity index (χ1) is 9.18. The second kappa shape index (κ2) is 7.04. The Labute approximate surface area is 115 Å². The van der Waals surface area contributed by atoms with Crippen molar-refractivity contribution in [3.8, 4) is 0 Å². The van der Waals surface area contributed by atoms with Crippen LogP contribution in [0.5, 0.6) is 0 Å².